The highest BCUT2D eigenvalue weighted by Gasteiger charge is 2.23. The van der Waals surface area contributed by atoms with E-state index in [1.807, 2.05) is 6.08 Å². The van der Waals surface area contributed by atoms with E-state index in [1.165, 1.54) is 17.3 Å². The summed E-state index contributed by atoms with van der Waals surface area (Å²) in [6.45, 7) is 6.26. The van der Waals surface area contributed by atoms with Gasteiger partial charge in [-0.05, 0) is 67.4 Å². The molecule has 0 spiro atoms. The third-order valence-electron chi connectivity index (χ3n) is 4.02. The van der Waals surface area contributed by atoms with E-state index < -0.39 is 0 Å². The largest absolute Gasteiger partial charge is 0.318 e. The first-order chi connectivity index (χ1) is 11.0. The van der Waals surface area contributed by atoms with Gasteiger partial charge in [-0.25, -0.2) is 0 Å². The van der Waals surface area contributed by atoms with Crippen molar-refractivity contribution < 1.29 is 4.79 Å². The van der Waals surface area contributed by atoms with Crippen LogP contribution in [0.1, 0.15) is 29.4 Å². The molecule has 4 nitrogen and oxygen atoms in total. The molecular weight excluding hydrogens is 306 g/mol. The summed E-state index contributed by atoms with van der Waals surface area (Å²) < 4.78 is 2.19. The van der Waals surface area contributed by atoms with Crippen LogP contribution in [0.3, 0.4) is 0 Å². The Morgan fingerprint density at radius 2 is 1.96 bits per heavy atom. The summed E-state index contributed by atoms with van der Waals surface area (Å²) >= 11 is 1.17. The maximum atomic E-state index is 11.8. The van der Waals surface area contributed by atoms with Crippen molar-refractivity contribution in [3.8, 4) is 5.69 Å². The van der Waals surface area contributed by atoms with E-state index in [0.717, 1.165) is 29.1 Å². The molecule has 1 aliphatic rings. The number of carbonyl (C=O) groups is 1. The van der Waals surface area contributed by atoms with Crippen LogP contribution in [-0.4, -0.2) is 15.6 Å². The molecule has 5 heteroatoms. The number of hydrogen-bond acceptors (Lipinski definition) is 3. The Morgan fingerprint density at radius 1 is 1.26 bits per heavy atom. The second kappa shape index (κ2) is 6.08. The molecule has 1 saturated heterocycles. The lowest BCUT2D eigenvalue weighted by Gasteiger charge is -2.10. The van der Waals surface area contributed by atoms with Crippen LogP contribution in [0.15, 0.2) is 35.2 Å². The fourth-order valence-electron chi connectivity index (χ4n) is 2.79. The molecule has 0 atom stereocenters. The van der Waals surface area contributed by atoms with Crippen molar-refractivity contribution >= 4 is 28.9 Å². The van der Waals surface area contributed by atoms with Gasteiger partial charge in [0.2, 0.25) is 0 Å². The van der Waals surface area contributed by atoms with E-state index >= 15 is 0 Å². The Kier molecular flexibility index (Phi) is 4.13. The van der Waals surface area contributed by atoms with Crippen LogP contribution in [0.2, 0.25) is 0 Å². The van der Waals surface area contributed by atoms with Crippen molar-refractivity contribution in [3.63, 3.8) is 0 Å². The average Bonchev–Trinajstić information content (AvgIpc) is 2.99. The van der Waals surface area contributed by atoms with Crippen LogP contribution in [0.4, 0.5) is 0 Å². The minimum Gasteiger partial charge on any atom is -0.318 e. The van der Waals surface area contributed by atoms with Crippen LogP contribution in [0.5, 0.6) is 0 Å². The Morgan fingerprint density at radius 3 is 2.52 bits per heavy atom. The Labute approximate surface area is 140 Å². The summed E-state index contributed by atoms with van der Waals surface area (Å²) in [7, 11) is 0. The molecule has 2 heterocycles. The van der Waals surface area contributed by atoms with Gasteiger partial charge in [0.15, 0.2) is 5.17 Å². The van der Waals surface area contributed by atoms with Gasteiger partial charge in [-0.15, -0.1) is 0 Å². The molecule has 1 fully saturated rings. The van der Waals surface area contributed by atoms with Gasteiger partial charge in [-0.1, -0.05) is 19.1 Å². The molecule has 1 aliphatic heterocycles. The fourth-order valence-corrected chi connectivity index (χ4v) is 3.49. The zero-order valence-electron chi connectivity index (χ0n) is 13.4. The standard InChI is InChI=1S/C18H19N3OS/c1-4-13-5-7-15(8-6-13)21-11(2)9-14(12(21)3)10-16-17(22)20-18(19)23-16/h5-10H,4H2,1-3H3,(H2,19,20,22). The Bertz CT molecular complexity index is 816. The normalized spacial score (nSPS) is 16.2. The third-order valence-corrected chi connectivity index (χ3v) is 4.85. The van der Waals surface area contributed by atoms with Crippen molar-refractivity contribution in [3.05, 3.63) is 57.8 Å². The SMILES string of the molecule is CCc1ccc(-n2c(C)cc(C=C3SC(=N)NC3=O)c2C)cc1. The van der Waals surface area contributed by atoms with E-state index in [0.29, 0.717) is 4.91 Å². The maximum absolute atomic E-state index is 11.8. The minimum atomic E-state index is -0.197. The number of nitrogens with one attached hydrogen (secondary N) is 2. The molecule has 1 amide bonds. The molecule has 23 heavy (non-hydrogen) atoms. The van der Waals surface area contributed by atoms with Gasteiger partial charge in [-0.3, -0.25) is 10.2 Å². The topological polar surface area (TPSA) is 57.9 Å². The van der Waals surface area contributed by atoms with Crippen molar-refractivity contribution in [2.75, 3.05) is 0 Å². The predicted octanol–water partition coefficient (Wildman–Crippen LogP) is 3.80. The molecule has 1 aromatic carbocycles. The number of rotatable bonds is 3. The number of thioether (sulfide) groups is 1. The first-order valence-electron chi connectivity index (χ1n) is 7.57. The van der Waals surface area contributed by atoms with Gasteiger partial charge < -0.3 is 9.88 Å². The number of aryl methyl sites for hydroxylation is 2. The summed E-state index contributed by atoms with van der Waals surface area (Å²) in [5, 5.41) is 10.2. The van der Waals surface area contributed by atoms with E-state index in [9.17, 15) is 4.79 Å². The van der Waals surface area contributed by atoms with Gasteiger partial charge in [0, 0.05) is 17.1 Å². The number of carbonyl (C=O) groups excluding carboxylic acids is 1. The summed E-state index contributed by atoms with van der Waals surface area (Å²) in [5.41, 5.74) is 5.66. The van der Waals surface area contributed by atoms with Crippen molar-refractivity contribution in [2.24, 2.45) is 0 Å². The lowest BCUT2D eigenvalue weighted by atomic mass is 10.1. The summed E-state index contributed by atoms with van der Waals surface area (Å²) in [6.07, 6.45) is 2.89. The number of hydrogen-bond donors (Lipinski definition) is 2. The molecular formula is C18H19N3OS. The highest BCUT2D eigenvalue weighted by atomic mass is 32.2. The molecule has 2 N–H and O–H groups in total. The first kappa shape index (κ1) is 15.6. The number of amidine groups is 1. The van der Waals surface area contributed by atoms with E-state index in [2.05, 4.69) is 61.0 Å². The second-order valence-electron chi connectivity index (χ2n) is 5.58. The number of benzene rings is 1. The smallest absolute Gasteiger partial charge is 0.264 e. The van der Waals surface area contributed by atoms with Gasteiger partial charge in [0.1, 0.15) is 0 Å². The van der Waals surface area contributed by atoms with Crippen molar-refractivity contribution in [1.82, 2.24) is 9.88 Å². The average molecular weight is 325 g/mol. The summed E-state index contributed by atoms with van der Waals surface area (Å²) in [6, 6.07) is 10.6. The van der Waals surface area contributed by atoms with Crippen molar-refractivity contribution in [1.29, 1.82) is 5.41 Å². The maximum Gasteiger partial charge on any atom is 0.264 e. The third kappa shape index (κ3) is 2.97. The molecule has 118 valence electrons. The lowest BCUT2D eigenvalue weighted by molar-refractivity contribution is -0.115. The molecule has 0 saturated carbocycles. The highest BCUT2D eigenvalue weighted by molar-refractivity contribution is 8.18. The Hall–Kier alpha value is -2.27. The lowest BCUT2D eigenvalue weighted by Crippen LogP contribution is -2.18. The zero-order chi connectivity index (χ0) is 16.6. The number of aromatic nitrogens is 1. The fraction of sp³-hybridized carbons (Fsp3) is 0.222. The monoisotopic (exact) mass is 325 g/mol. The van der Waals surface area contributed by atoms with E-state index in [1.54, 1.807) is 0 Å². The highest BCUT2D eigenvalue weighted by Crippen LogP contribution is 2.28. The number of nitrogens with zero attached hydrogens (tertiary/aromatic N) is 1. The summed E-state index contributed by atoms with van der Waals surface area (Å²) in [4.78, 5) is 12.4. The van der Waals surface area contributed by atoms with Crippen LogP contribution in [0.25, 0.3) is 11.8 Å². The Balaban J connectivity index is 2.01. The molecule has 0 unspecified atom stereocenters. The van der Waals surface area contributed by atoms with Crippen LogP contribution in [-0.2, 0) is 11.2 Å². The van der Waals surface area contributed by atoms with Crippen LogP contribution in [0, 0.1) is 19.3 Å². The molecule has 1 aromatic heterocycles. The van der Waals surface area contributed by atoms with Gasteiger partial charge in [0.25, 0.3) is 5.91 Å². The molecule has 0 bridgehead atoms. The number of amides is 1. The minimum absolute atomic E-state index is 0.185. The summed E-state index contributed by atoms with van der Waals surface area (Å²) in [5.74, 6) is -0.197. The van der Waals surface area contributed by atoms with Gasteiger partial charge in [-0.2, -0.15) is 0 Å². The van der Waals surface area contributed by atoms with Crippen LogP contribution >= 0.6 is 11.8 Å². The van der Waals surface area contributed by atoms with Gasteiger partial charge in [0.05, 0.1) is 4.91 Å². The zero-order valence-corrected chi connectivity index (χ0v) is 14.3. The van der Waals surface area contributed by atoms with E-state index in [-0.39, 0.29) is 11.1 Å². The molecule has 3 rings (SSSR count). The quantitative estimate of drug-likeness (QED) is 0.843. The van der Waals surface area contributed by atoms with Crippen molar-refractivity contribution in [2.45, 2.75) is 27.2 Å². The second-order valence-corrected chi connectivity index (χ2v) is 6.63. The molecule has 0 radical (unpaired) electrons. The predicted molar refractivity (Wildman–Crippen MR) is 96.1 cm³/mol. The molecule has 0 aliphatic carbocycles. The van der Waals surface area contributed by atoms with E-state index in [4.69, 9.17) is 5.41 Å². The van der Waals surface area contributed by atoms with Crippen LogP contribution < -0.4 is 5.32 Å². The molecule has 2 aromatic rings. The van der Waals surface area contributed by atoms with Gasteiger partial charge >= 0.3 is 0 Å². The first-order valence-corrected chi connectivity index (χ1v) is 8.39.